The van der Waals surface area contributed by atoms with E-state index in [9.17, 15) is 4.79 Å². The van der Waals surface area contributed by atoms with Gasteiger partial charge in [0, 0.05) is 6.04 Å². The third-order valence-corrected chi connectivity index (χ3v) is 5.39. The van der Waals surface area contributed by atoms with Crippen LogP contribution in [0.1, 0.15) is 55.1 Å². The van der Waals surface area contributed by atoms with E-state index in [0.717, 1.165) is 15.1 Å². The second-order valence-corrected chi connectivity index (χ2v) is 7.45. The van der Waals surface area contributed by atoms with Gasteiger partial charge in [0.05, 0.1) is 8.66 Å². The fraction of sp³-hybridized carbons (Fsp3) is 0.643. The lowest BCUT2D eigenvalue weighted by Gasteiger charge is -2.30. The number of carbonyl (C=O) groups excluding carboxylic acids is 1. The summed E-state index contributed by atoms with van der Waals surface area (Å²) in [5.74, 6) is 0.763. The molecule has 1 N–H and O–H groups in total. The Morgan fingerprint density at radius 1 is 1.44 bits per heavy atom. The van der Waals surface area contributed by atoms with Crippen molar-refractivity contribution >= 4 is 33.2 Å². The highest BCUT2D eigenvalue weighted by Gasteiger charge is 2.24. The third-order valence-electron chi connectivity index (χ3n) is 3.77. The van der Waals surface area contributed by atoms with Crippen molar-refractivity contribution in [2.24, 2.45) is 5.92 Å². The summed E-state index contributed by atoms with van der Waals surface area (Å²) in [4.78, 5) is 13.0. The van der Waals surface area contributed by atoms with E-state index in [0.29, 0.717) is 12.0 Å². The molecule has 0 aromatic carbocycles. The van der Waals surface area contributed by atoms with Gasteiger partial charge in [-0.2, -0.15) is 0 Å². The summed E-state index contributed by atoms with van der Waals surface area (Å²) in [5, 5.41) is 3.22. The second kappa shape index (κ2) is 6.71. The summed E-state index contributed by atoms with van der Waals surface area (Å²) in [5.41, 5.74) is 0. The molecule has 0 saturated heterocycles. The van der Waals surface area contributed by atoms with E-state index in [4.69, 9.17) is 0 Å². The van der Waals surface area contributed by atoms with Crippen LogP contribution in [0, 0.1) is 5.92 Å². The first kappa shape index (κ1) is 14.1. The zero-order chi connectivity index (χ0) is 13.0. The van der Waals surface area contributed by atoms with E-state index in [1.165, 1.54) is 43.4 Å². The summed E-state index contributed by atoms with van der Waals surface area (Å²) in [6.45, 7) is 2.17. The fourth-order valence-corrected chi connectivity index (χ4v) is 4.05. The van der Waals surface area contributed by atoms with E-state index in [1.807, 2.05) is 12.1 Å². The standard InChI is InChI=1S/C14H20BrNOS/c1-2-11(10-6-4-3-5-7-10)16-14(17)12-8-9-13(15)18-12/h8-11H,2-7H2,1H3,(H,16,17). The third kappa shape index (κ3) is 3.58. The Kier molecular flexibility index (Phi) is 5.25. The molecule has 1 unspecified atom stereocenters. The van der Waals surface area contributed by atoms with Gasteiger partial charge >= 0.3 is 0 Å². The maximum Gasteiger partial charge on any atom is 0.261 e. The van der Waals surface area contributed by atoms with Crippen LogP contribution in [0.3, 0.4) is 0 Å². The molecule has 1 fully saturated rings. The minimum atomic E-state index is 0.0862. The van der Waals surface area contributed by atoms with Crippen LogP contribution in [0.2, 0.25) is 0 Å². The fourth-order valence-electron chi connectivity index (χ4n) is 2.77. The molecule has 100 valence electrons. The van der Waals surface area contributed by atoms with Gasteiger partial charge in [-0.1, -0.05) is 26.2 Å². The van der Waals surface area contributed by atoms with Crippen molar-refractivity contribution < 1.29 is 4.79 Å². The Bertz CT molecular complexity index is 398. The summed E-state index contributed by atoms with van der Waals surface area (Å²) in [6, 6.07) is 4.16. The van der Waals surface area contributed by atoms with Gasteiger partial charge < -0.3 is 5.32 Å². The minimum absolute atomic E-state index is 0.0862. The highest BCUT2D eigenvalue weighted by Crippen LogP contribution is 2.28. The summed E-state index contributed by atoms with van der Waals surface area (Å²) in [6.07, 6.45) is 7.57. The molecule has 1 atom stereocenters. The Hall–Kier alpha value is -0.350. The van der Waals surface area contributed by atoms with Crippen molar-refractivity contribution in [2.75, 3.05) is 0 Å². The van der Waals surface area contributed by atoms with E-state index in [2.05, 4.69) is 28.2 Å². The monoisotopic (exact) mass is 329 g/mol. The summed E-state index contributed by atoms with van der Waals surface area (Å²) in [7, 11) is 0. The zero-order valence-electron chi connectivity index (χ0n) is 10.7. The van der Waals surface area contributed by atoms with Crippen LogP contribution < -0.4 is 5.32 Å². The molecule has 1 amide bonds. The van der Waals surface area contributed by atoms with Crippen LogP contribution in [-0.2, 0) is 0 Å². The molecule has 0 bridgehead atoms. The van der Waals surface area contributed by atoms with Crippen LogP contribution in [0.5, 0.6) is 0 Å². The number of nitrogens with one attached hydrogen (secondary N) is 1. The number of halogens is 1. The zero-order valence-corrected chi connectivity index (χ0v) is 13.1. The van der Waals surface area contributed by atoms with E-state index < -0.39 is 0 Å². The predicted octanol–water partition coefficient (Wildman–Crippen LogP) is 4.60. The van der Waals surface area contributed by atoms with Gasteiger partial charge in [-0.3, -0.25) is 4.79 Å². The highest BCUT2D eigenvalue weighted by atomic mass is 79.9. The quantitative estimate of drug-likeness (QED) is 0.859. The molecule has 0 radical (unpaired) electrons. The van der Waals surface area contributed by atoms with Crippen molar-refractivity contribution in [2.45, 2.75) is 51.5 Å². The molecule has 0 aliphatic heterocycles. The first-order valence-corrected chi connectivity index (χ1v) is 8.38. The number of thiophene rings is 1. The average molecular weight is 330 g/mol. The van der Waals surface area contributed by atoms with Crippen molar-refractivity contribution in [3.05, 3.63) is 20.8 Å². The van der Waals surface area contributed by atoms with Crippen LogP contribution in [-0.4, -0.2) is 11.9 Å². The molecule has 2 nitrogen and oxygen atoms in total. The molecule has 1 heterocycles. The molecule has 1 saturated carbocycles. The van der Waals surface area contributed by atoms with E-state index >= 15 is 0 Å². The molecule has 4 heteroatoms. The SMILES string of the molecule is CCC(NC(=O)c1ccc(Br)s1)C1CCCCC1. The Morgan fingerprint density at radius 2 is 2.17 bits per heavy atom. The second-order valence-electron chi connectivity index (χ2n) is 4.99. The van der Waals surface area contributed by atoms with Crippen LogP contribution in [0.25, 0.3) is 0 Å². The lowest BCUT2D eigenvalue weighted by atomic mass is 9.83. The first-order valence-electron chi connectivity index (χ1n) is 6.77. The van der Waals surface area contributed by atoms with Crippen molar-refractivity contribution in [1.82, 2.24) is 5.32 Å². The molecule has 1 aliphatic rings. The van der Waals surface area contributed by atoms with Crippen molar-refractivity contribution in [3.63, 3.8) is 0 Å². The molecular weight excluding hydrogens is 310 g/mol. The topological polar surface area (TPSA) is 29.1 Å². The predicted molar refractivity (Wildman–Crippen MR) is 80.1 cm³/mol. The van der Waals surface area contributed by atoms with Gasteiger partial charge in [0.2, 0.25) is 0 Å². The number of amides is 1. The van der Waals surface area contributed by atoms with Crippen LogP contribution in [0.4, 0.5) is 0 Å². The summed E-state index contributed by atoms with van der Waals surface area (Å²) >= 11 is 4.90. The van der Waals surface area contributed by atoms with E-state index in [1.54, 1.807) is 0 Å². The van der Waals surface area contributed by atoms with Gasteiger partial charge in [-0.05, 0) is 53.2 Å². The van der Waals surface area contributed by atoms with Gasteiger partial charge in [0.1, 0.15) is 0 Å². The summed E-state index contributed by atoms with van der Waals surface area (Å²) < 4.78 is 1.01. The largest absolute Gasteiger partial charge is 0.348 e. The van der Waals surface area contributed by atoms with Crippen molar-refractivity contribution in [1.29, 1.82) is 0 Å². The lowest BCUT2D eigenvalue weighted by molar-refractivity contribution is 0.0915. The number of rotatable bonds is 4. The maximum absolute atomic E-state index is 12.1. The average Bonchev–Trinajstić information content (AvgIpc) is 2.83. The normalized spacial score (nSPS) is 18.6. The Balaban J connectivity index is 1.95. The molecule has 18 heavy (non-hydrogen) atoms. The Labute approximate surface area is 121 Å². The Morgan fingerprint density at radius 3 is 2.72 bits per heavy atom. The maximum atomic E-state index is 12.1. The molecule has 1 aromatic heterocycles. The van der Waals surface area contributed by atoms with Crippen LogP contribution >= 0.6 is 27.3 Å². The smallest absolute Gasteiger partial charge is 0.261 e. The number of carbonyl (C=O) groups is 1. The first-order chi connectivity index (χ1) is 8.70. The number of hydrogen-bond donors (Lipinski definition) is 1. The molecule has 1 aliphatic carbocycles. The van der Waals surface area contributed by atoms with Crippen molar-refractivity contribution in [3.8, 4) is 0 Å². The minimum Gasteiger partial charge on any atom is -0.348 e. The van der Waals surface area contributed by atoms with Gasteiger partial charge in [-0.15, -0.1) is 11.3 Å². The van der Waals surface area contributed by atoms with Gasteiger partial charge in [-0.25, -0.2) is 0 Å². The molecule has 2 rings (SSSR count). The number of hydrogen-bond acceptors (Lipinski definition) is 2. The van der Waals surface area contributed by atoms with Crippen LogP contribution in [0.15, 0.2) is 15.9 Å². The lowest BCUT2D eigenvalue weighted by Crippen LogP contribution is -2.40. The molecule has 0 spiro atoms. The van der Waals surface area contributed by atoms with E-state index in [-0.39, 0.29) is 5.91 Å². The molecule has 1 aromatic rings. The van der Waals surface area contributed by atoms with Gasteiger partial charge in [0.15, 0.2) is 0 Å². The highest BCUT2D eigenvalue weighted by molar-refractivity contribution is 9.11. The van der Waals surface area contributed by atoms with Gasteiger partial charge in [0.25, 0.3) is 5.91 Å². The molecular formula is C14H20BrNOS.